The van der Waals surface area contributed by atoms with E-state index in [9.17, 15) is 5.21 Å². The van der Waals surface area contributed by atoms with Crippen molar-refractivity contribution in [2.24, 2.45) is 0 Å². The Labute approximate surface area is 188 Å². The Hall–Kier alpha value is -2.21. The standard InChI is InChI=1S/C25H30ClN4O/c1-28-11-13-29(14-12-28)17-24-27-23-10-9-21(26)16-22(23)25(30(24)31)20-8-7-18-5-3-2-4-6-19(18)15-20/h7-10,15-16,31H,2-6,11-14,17H2,1H3/q+1. The fourth-order valence-electron chi connectivity index (χ4n) is 4.87. The summed E-state index contributed by atoms with van der Waals surface area (Å²) in [6, 6.07) is 12.4. The smallest absolute Gasteiger partial charge is 0.349 e. The molecule has 0 saturated carbocycles. The predicted octanol–water partition coefficient (Wildman–Crippen LogP) is 4.10. The molecular weight excluding hydrogens is 408 g/mol. The molecule has 0 unspecified atom stereocenters. The minimum atomic E-state index is 0.626. The summed E-state index contributed by atoms with van der Waals surface area (Å²) < 4.78 is 1.30. The fraction of sp³-hybridized carbons (Fsp3) is 0.440. The van der Waals surface area contributed by atoms with E-state index in [0.717, 1.165) is 61.2 Å². The second-order valence-corrected chi connectivity index (χ2v) is 9.41. The second-order valence-electron chi connectivity index (χ2n) is 8.97. The summed E-state index contributed by atoms with van der Waals surface area (Å²) in [4.78, 5) is 9.51. The summed E-state index contributed by atoms with van der Waals surface area (Å²) in [7, 11) is 2.15. The van der Waals surface area contributed by atoms with Gasteiger partial charge in [-0.05, 0) is 77.8 Å². The van der Waals surface area contributed by atoms with E-state index in [-0.39, 0.29) is 0 Å². The van der Waals surface area contributed by atoms with Crippen LogP contribution in [0.4, 0.5) is 0 Å². The average Bonchev–Trinajstić information content (AvgIpc) is 3.01. The van der Waals surface area contributed by atoms with Crippen molar-refractivity contribution in [2.75, 3.05) is 33.2 Å². The first-order valence-electron chi connectivity index (χ1n) is 11.3. The Balaban J connectivity index is 1.61. The highest BCUT2D eigenvalue weighted by molar-refractivity contribution is 6.31. The van der Waals surface area contributed by atoms with E-state index in [2.05, 4.69) is 35.0 Å². The highest BCUT2D eigenvalue weighted by atomic mass is 35.5. The van der Waals surface area contributed by atoms with Crippen molar-refractivity contribution in [1.29, 1.82) is 0 Å². The Morgan fingerprint density at radius 2 is 1.74 bits per heavy atom. The lowest BCUT2D eigenvalue weighted by molar-refractivity contribution is -0.902. The molecule has 2 aliphatic rings. The summed E-state index contributed by atoms with van der Waals surface area (Å²) in [5.41, 5.74) is 5.52. The maximum absolute atomic E-state index is 11.3. The van der Waals surface area contributed by atoms with E-state index in [4.69, 9.17) is 16.6 Å². The van der Waals surface area contributed by atoms with Crippen molar-refractivity contribution >= 4 is 22.5 Å². The van der Waals surface area contributed by atoms with Crippen molar-refractivity contribution in [3.05, 3.63) is 58.4 Å². The molecule has 0 atom stereocenters. The molecule has 1 aliphatic carbocycles. The van der Waals surface area contributed by atoms with Crippen molar-refractivity contribution in [3.63, 3.8) is 0 Å². The SMILES string of the molecule is CN1CCN(Cc2nc3ccc(Cl)cc3c(-c3ccc4c(c3)CCCCC4)[n+]2O)CC1. The number of hydrogen-bond donors (Lipinski definition) is 1. The number of piperazine rings is 1. The molecule has 1 fully saturated rings. The minimum absolute atomic E-state index is 0.626. The first-order valence-corrected chi connectivity index (χ1v) is 11.7. The molecule has 1 aromatic heterocycles. The van der Waals surface area contributed by atoms with Gasteiger partial charge in [0.2, 0.25) is 0 Å². The van der Waals surface area contributed by atoms with Crippen LogP contribution < -0.4 is 4.73 Å². The van der Waals surface area contributed by atoms with Gasteiger partial charge in [0.15, 0.2) is 11.2 Å². The third-order valence-electron chi connectivity index (χ3n) is 6.75. The molecule has 0 amide bonds. The lowest BCUT2D eigenvalue weighted by Crippen LogP contribution is -2.47. The summed E-state index contributed by atoms with van der Waals surface area (Å²) >= 11 is 6.34. The van der Waals surface area contributed by atoms with Crippen LogP contribution in [0.2, 0.25) is 5.02 Å². The quantitative estimate of drug-likeness (QED) is 0.380. The topological polar surface area (TPSA) is 43.5 Å². The number of benzene rings is 2. The molecule has 1 aliphatic heterocycles. The number of hydrogen-bond acceptors (Lipinski definition) is 4. The van der Waals surface area contributed by atoms with Gasteiger partial charge in [-0.1, -0.05) is 30.2 Å². The number of rotatable bonds is 3. The van der Waals surface area contributed by atoms with E-state index >= 15 is 0 Å². The van der Waals surface area contributed by atoms with Gasteiger partial charge < -0.3 is 10.1 Å². The summed E-state index contributed by atoms with van der Waals surface area (Å²) in [5.74, 6) is 0.671. The molecule has 5 rings (SSSR count). The van der Waals surface area contributed by atoms with Gasteiger partial charge in [0.05, 0.1) is 5.39 Å². The first kappa shape index (κ1) is 20.7. The van der Waals surface area contributed by atoms with E-state index in [1.165, 1.54) is 35.1 Å². The van der Waals surface area contributed by atoms with Gasteiger partial charge in [0.1, 0.15) is 6.54 Å². The van der Waals surface area contributed by atoms with Crippen LogP contribution >= 0.6 is 11.6 Å². The zero-order valence-corrected chi connectivity index (χ0v) is 18.9. The third-order valence-corrected chi connectivity index (χ3v) is 6.99. The molecule has 0 radical (unpaired) electrons. The summed E-state index contributed by atoms with van der Waals surface area (Å²) in [6.45, 7) is 4.65. The first-order chi connectivity index (χ1) is 15.1. The lowest BCUT2D eigenvalue weighted by Gasteiger charge is -2.31. The molecule has 2 heterocycles. The largest absolute Gasteiger partial charge is 0.352 e. The Kier molecular flexibility index (Phi) is 5.83. The van der Waals surface area contributed by atoms with Gasteiger partial charge in [-0.15, -0.1) is 0 Å². The van der Waals surface area contributed by atoms with Crippen molar-refractivity contribution in [3.8, 4) is 11.3 Å². The zero-order valence-electron chi connectivity index (χ0n) is 18.1. The summed E-state index contributed by atoms with van der Waals surface area (Å²) in [5, 5.41) is 12.9. The Bertz CT molecular complexity index is 1110. The number of likely N-dealkylation sites (N-methyl/N-ethyl adjacent to an activating group) is 1. The van der Waals surface area contributed by atoms with E-state index < -0.39 is 0 Å². The number of aryl methyl sites for hydroxylation is 2. The van der Waals surface area contributed by atoms with Gasteiger partial charge in [-0.2, -0.15) is 0 Å². The molecule has 5 nitrogen and oxygen atoms in total. The monoisotopic (exact) mass is 437 g/mol. The Morgan fingerprint density at radius 1 is 0.968 bits per heavy atom. The predicted molar refractivity (Wildman–Crippen MR) is 124 cm³/mol. The maximum Gasteiger partial charge on any atom is 0.352 e. The number of fused-ring (bicyclic) bond motifs is 2. The molecule has 0 spiro atoms. The van der Waals surface area contributed by atoms with Gasteiger partial charge in [0, 0.05) is 36.8 Å². The number of halogens is 1. The normalized spacial score (nSPS) is 18.1. The van der Waals surface area contributed by atoms with Crippen molar-refractivity contribution in [2.45, 2.75) is 38.6 Å². The van der Waals surface area contributed by atoms with Crippen LogP contribution in [0.3, 0.4) is 0 Å². The van der Waals surface area contributed by atoms with Crippen molar-refractivity contribution < 1.29 is 9.94 Å². The van der Waals surface area contributed by atoms with Crippen LogP contribution in [0.1, 0.15) is 36.2 Å². The van der Waals surface area contributed by atoms with Crippen LogP contribution in [0.25, 0.3) is 22.2 Å². The molecule has 2 aromatic carbocycles. The molecule has 3 aromatic rings. The van der Waals surface area contributed by atoms with E-state index in [0.29, 0.717) is 17.4 Å². The summed E-state index contributed by atoms with van der Waals surface area (Å²) in [6.07, 6.45) is 6.02. The van der Waals surface area contributed by atoms with Gasteiger partial charge >= 0.3 is 5.82 Å². The average molecular weight is 438 g/mol. The second kappa shape index (κ2) is 8.73. The van der Waals surface area contributed by atoms with Gasteiger partial charge in [-0.3, -0.25) is 4.90 Å². The van der Waals surface area contributed by atoms with Crippen LogP contribution in [-0.2, 0) is 19.4 Å². The minimum Gasteiger partial charge on any atom is -0.349 e. The van der Waals surface area contributed by atoms with Gasteiger partial charge in [-0.25, -0.2) is 0 Å². The van der Waals surface area contributed by atoms with E-state index in [1.54, 1.807) is 0 Å². The van der Waals surface area contributed by atoms with Gasteiger partial charge in [0.25, 0.3) is 0 Å². The molecule has 1 saturated heterocycles. The highest BCUT2D eigenvalue weighted by Crippen LogP contribution is 2.31. The molecular formula is C25H30ClN4O+. The fourth-order valence-corrected chi connectivity index (χ4v) is 5.04. The Morgan fingerprint density at radius 3 is 2.55 bits per heavy atom. The zero-order chi connectivity index (χ0) is 21.4. The van der Waals surface area contributed by atoms with Crippen molar-refractivity contribution in [1.82, 2.24) is 14.8 Å². The molecule has 162 valence electrons. The molecule has 1 N–H and O–H groups in total. The van der Waals surface area contributed by atoms with E-state index in [1.807, 2.05) is 18.2 Å². The lowest BCUT2D eigenvalue weighted by atomic mass is 9.97. The molecule has 31 heavy (non-hydrogen) atoms. The molecule has 6 heteroatoms. The van der Waals surface area contributed by atoms with Crippen LogP contribution in [0.5, 0.6) is 0 Å². The third kappa shape index (κ3) is 4.27. The number of aromatic nitrogens is 2. The molecule has 0 bridgehead atoms. The van der Waals surface area contributed by atoms with Crippen LogP contribution in [0, 0.1) is 0 Å². The number of nitrogens with zero attached hydrogens (tertiary/aromatic N) is 4. The van der Waals surface area contributed by atoms with Crippen LogP contribution in [-0.4, -0.2) is 53.2 Å². The van der Waals surface area contributed by atoms with Crippen LogP contribution in [0.15, 0.2) is 36.4 Å². The highest BCUT2D eigenvalue weighted by Gasteiger charge is 2.27. The maximum atomic E-state index is 11.3.